The van der Waals surface area contributed by atoms with Crippen LogP contribution in [0.15, 0.2) is 72.8 Å². The molecule has 0 saturated carbocycles. The van der Waals surface area contributed by atoms with Crippen molar-refractivity contribution in [2.45, 2.75) is 32.5 Å². The SMILES string of the molecule is Cc1ccc2cc(OC(=O)OCCOCCNC(=S)Nc3ccc(CC4CN(CC(=O)O)CCN(C)Cc5cccc(n5)CN4CC(=O)O)cc3)ccc2n1. The van der Waals surface area contributed by atoms with Gasteiger partial charge in [-0.25, -0.2) is 4.79 Å². The molecular weight excluding hydrogens is 727 g/mol. The number of pyridine rings is 2. The lowest BCUT2D eigenvalue weighted by Gasteiger charge is -2.35. The molecule has 2 bridgehead atoms. The van der Waals surface area contributed by atoms with Gasteiger partial charge >= 0.3 is 18.1 Å². The zero-order valence-corrected chi connectivity index (χ0v) is 31.8. The maximum atomic E-state index is 12.1. The van der Waals surface area contributed by atoms with Crippen molar-refractivity contribution in [1.82, 2.24) is 30.0 Å². The zero-order valence-electron chi connectivity index (χ0n) is 31.0. The lowest BCUT2D eigenvalue weighted by atomic mass is 10.0. The fourth-order valence-corrected chi connectivity index (χ4v) is 6.41. The first-order valence-corrected chi connectivity index (χ1v) is 18.4. The molecule has 2 aromatic carbocycles. The number of nitrogens with one attached hydrogen (secondary N) is 2. The minimum absolute atomic E-state index is 0.0240. The number of carboxylic acid groups (broad SMARTS) is 2. The largest absolute Gasteiger partial charge is 0.513 e. The molecule has 3 heterocycles. The fourth-order valence-electron chi connectivity index (χ4n) is 6.19. The van der Waals surface area contributed by atoms with Gasteiger partial charge in [0.2, 0.25) is 0 Å². The van der Waals surface area contributed by atoms with Crippen LogP contribution >= 0.6 is 12.2 Å². The van der Waals surface area contributed by atoms with E-state index in [9.17, 15) is 24.6 Å². The van der Waals surface area contributed by atoms with Gasteiger partial charge in [-0.1, -0.05) is 24.3 Å². The van der Waals surface area contributed by atoms with E-state index in [1.54, 1.807) is 18.2 Å². The smallest absolute Gasteiger partial charge is 0.480 e. The van der Waals surface area contributed by atoms with Gasteiger partial charge < -0.3 is 35.1 Å². The number of carbonyl (C=O) groups excluding carboxylic acids is 1. The maximum absolute atomic E-state index is 12.1. The fraction of sp³-hybridized carbons (Fsp3) is 0.385. The van der Waals surface area contributed by atoms with E-state index in [-0.39, 0.29) is 32.3 Å². The second kappa shape index (κ2) is 20.4. The number of hydrogen-bond donors (Lipinski definition) is 4. The first-order valence-electron chi connectivity index (χ1n) is 18.0. The van der Waals surface area contributed by atoms with Gasteiger partial charge in [0.1, 0.15) is 12.4 Å². The molecule has 16 heteroatoms. The monoisotopic (exact) mass is 773 g/mol. The molecule has 1 aliphatic heterocycles. The van der Waals surface area contributed by atoms with Crippen molar-refractivity contribution >= 4 is 52.0 Å². The van der Waals surface area contributed by atoms with E-state index in [1.807, 2.05) is 78.4 Å². The molecule has 0 fully saturated rings. The predicted octanol–water partition coefficient (Wildman–Crippen LogP) is 3.79. The molecule has 0 radical (unpaired) electrons. The van der Waals surface area contributed by atoms with Crippen LogP contribution in [0.1, 0.15) is 22.6 Å². The molecule has 15 nitrogen and oxygen atoms in total. The van der Waals surface area contributed by atoms with Crippen molar-refractivity contribution in [1.29, 1.82) is 0 Å². The van der Waals surface area contributed by atoms with Crippen LogP contribution in [0.25, 0.3) is 10.9 Å². The van der Waals surface area contributed by atoms with E-state index < -0.39 is 18.1 Å². The Bertz CT molecular complexity index is 1930. The van der Waals surface area contributed by atoms with Gasteiger partial charge in [-0.3, -0.25) is 34.3 Å². The van der Waals surface area contributed by atoms with Gasteiger partial charge in [-0.15, -0.1) is 0 Å². The first-order chi connectivity index (χ1) is 26.5. The van der Waals surface area contributed by atoms with Crippen LogP contribution in [-0.4, -0.2) is 130 Å². The molecular formula is C39H47N7O8S. The molecule has 1 atom stereocenters. The Morgan fingerprint density at radius 3 is 2.42 bits per heavy atom. The summed E-state index contributed by atoms with van der Waals surface area (Å²) < 4.78 is 15.9. The van der Waals surface area contributed by atoms with Gasteiger partial charge in [0.25, 0.3) is 0 Å². The maximum Gasteiger partial charge on any atom is 0.513 e. The van der Waals surface area contributed by atoms with Crippen LogP contribution in [0.5, 0.6) is 5.75 Å². The number of thiocarbonyl (C=S) groups is 1. The van der Waals surface area contributed by atoms with Crippen LogP contribution in [0, 0.1) is 6.92 Å². The Labute approximate surface area is 325 Å². The topological polar surface area (TPSA) is 179 Å². The quantitative estimate of drug-likeness (QED) is 0.0629. The molecule has 0 amide bonds. The first kappa shape index (κ1) is 40.9. The molecule has 55 heavy (non-hydrogen) atoms. The molecule has 2 aromatic heterocycles. The molecule has 1 unspecified atom stereocenters. The van der Waals surface area contributed by atoms with Crippen LogP contribution in [-0.2, 0) is 38.6 Å². The summed E-state index contributed by atoms with van der Waals surface area (Å²) in [5, 5.41) is 27.0. The highest BCUT2D eigenvalue weighted by Crippen LogP contribution is 2.21. The molecule has 4 N–H and O–H groups in total. The lowest BCUT2D eigenvalue weighted by Crippen LogP contribution is -2.49. The van der Waals surface area contributed by atoms with Gasteiger partial charge in [0.15, 0.2) is 5.11 Å². The third kappa shape index (κ3) is 13.8. The minimum atomic E-state index is -0.970. The highest BCUT2D eigenvalue weighted by atomic mass is 32.1. The third-order valence-electron chi connectivity index (χ3n) is 8.81. The molecule has 0 spiro atoms. The number of hydrogen-bond acceptors (Lipinski definition) is 12. The molecule has 4 aromatic rings. The number of aryl methyl sites for hydroxylation is 1. The average Bonchev–Trinajstić information content (AvgIpc) is 3.13. The number of carbonyl (C=O) groups is 3. The van der Waals surface area contributed by atoms with Crippen LogP contribution in [0.4, 0.5) is 10.5 Å². The van der Waals surface area contributed by atoms with Gasteiger partial charge in [0.05, 0.1) is 43.2 Å². The van der Waals surface area contributed by atoms with E-state index in [4.69, 9.17) is 31.4 Å². The Hall–Kier alpha value is -5.26. The summed E-state index contributed by atoms with van der Waals surface area (Å²) >= 11 is 5.44. The summed E-state index contributed by atoms with van der Waals surface area (Å²) in [4.78, 5) is 51.0. The summed E-state index contributed by atoms with van der Waals surface area (Å²) in [5.41, 5.74) is 5.05. The van der Waals surface area contributed by atoms with Crippen molar-refractivity contribution in [2.24, 2.45) is 0 Å². The second-order valence-electron chi connectivity index (χ2n) is 13.3. The Kier molecular flexibility index (Phi) is 15.2. The van der Waals surface area contributed by atoms with E-state index in [2.05, 4.69) is 20.5 Å². The summed E-state index contributed by atoms with van der Waals surface area (Å²) in [6.45, 7) is 4.89. The number of ether oxygens (including phenoxy) is 3. The highest BCUT2D eigenvalue weighted by Gasteiger charge is 2.26. The molecule has 0 aliphatic carbocycles. The predicted molar refractivity (Wildman–Crippen MR) is 210 cm³/mol. The number of fused-ring (bicyclic) bond motifs is 3. The van der Waals surface area contributed by atoms with E-state index in [0.29, 0.717) is 63.2 Å². The zero-order chi connectivity index (χ0) is 39.2. The Morgan fingerprint density at radius 1 is 0.891 bits per heavy atom. The number of aromatic nitrogens is 2. The van der Waals surface area contributed by atoms with Crippen LogP contribution in [0.2, 0.25) is 0 Å². The van der Waals surface area contributed by atoms with E-state index in [1.165, 1.54) is 0 Å². The molecule has 292 valence electrons. The minimum Gasteiger partial charge on any atom is -0.480 e. The molecule has 5 rings (SSSR count). The second-order valence-corrected chi connectivity index (χ2v) is 13.7. The number of benzene rings is 2. The van der Waals surface area contributed by atoms with Crippen LogP contribution < -0.4 is 15.4 Å². The van der Waals surface area contributed by atoms with Gasteiger partial charge in [-0.2, -0.15) is 0 Å². The number of carboxylic acids is 2. The molecule has 0 saturated heterocycles. The van der Waals surface area contributed by atoms with E-state index in [0.717, 1.165) is 39.2 Å². The highest BCUT2D eigenvalue weighted by molar-refractivity contribution is 7.80. The van der Waals surface area contributed by atoms with E-state index >= 15 is 0 Å². The van der Waals surface area contributed by atoms with Crippen molar-refractivity contribution in [2.75, 3.05) is 71.5 Å². The summed E-state index contributed by atoms with van der Waals surface area (Å²) in [6.07, 6.45) is -0.334. The number of anilines is 1. The van der Waals surface area contributed by atoms with Gasteiger partial charge in [0, 0.05) is 62.1 Å². The Balaban J connectivity index is 1.08. The number of likely N-dealkylation sites (N-methyl/N-ethyl adjacent to an activating group) is 1. The van der Waals surface area contributed by atoms with Crippen molar-refractivity contribution in [3.8, 4) is 5.75 Å². The number of aliphatic carboxylic acids is 2. The van der Waals surface area contributed by atoms with Crippen LogP contribution in [0.3, 0.4) is 0 Å². The summed E-state index contributed by atoms with van der Waals surface area (Å²) in [6, 6.07) is 22.1. The standard InChI is InChI=1S/C39H47N7O8S/c1-27-6-9-29-21-34(12-13-35(29)41-27)54-39(51)53-19-18-52-17-14-40-38(55)43-30-10-7-28(8-11-30)20-33-24-45(25-36(47)48)16-15-44(2)22-31-4-3-5-32(42-31)23-46(33)26-37(49)50/h3-13,21,33H,14-20,22-26H2,1-2H3,(H,47,48)(H,49,50)(H2,40,43,55). The number of nitrogens with zero attached hydrogens (tertiary/aromatic N) is 5. The normalized spacial score (nSPS) is 15.7. The average molecular weight is 774 g/mol. The molecule has 1 aliphatic rings. The summed E-state index contributed by atoms with van der Waals surface area (Å²) in [5.74, 6) is -1.54. The summed E-state index contributed by atoms with van der Waals surface area (Å²) in [7, 11) is 1.98. The Morgan fingerprint density at radius 2 is 1.65 bits per heavy atom. The van der Waals surface area contributed by atoms with Crippen molar-refractivity contribution in [3.63, 3.8) is 0 Å². The van der Waals surface area contributed by atoms with Crippen molar-refractivity contribution in [3.05, 3.63) is 95.4 Å². The van der Waals surface area contributed by atoms with Gasteiger partial charge in [-0.05, 0) is 86.7 Å². The lowest BCUT2D eigenvalue weighted by molar-refractivity contribution is -0.141. The van der Waals surface area contributed by atoms with Crippen molar-refractivity contribution < 1.29 is 38.8 Å². The third-order valence-corrected chi connectivity index (χ3v) is 9.05. The number of rotatable bonds is 14.